The lowest BCUT2D eigenvalue weighted by Gasteiger charge is -2.38. The molecule has 0 saturated carbocycles. The predicted octanol–water partition coefficient (Wildman–Crippen LogP) is 2.47. The van der Waals surface area contributed by atoms with Gasteiger partial charge >= 0.3 is 0 Å². The van der Waals surface area contributed by atoms with Gasteiger partial charge in [-0.1, -0.05) is 29.5 Å². The van der Waals surface area contributed by atoms with Gasteiger partial charge in [-0.25, -0.2) is 13.2 Å². The summed E-state index contributed by atoms with van der Waals surface area (Å²) in [4.78, 5) is 0.916. The molecule has 5 N–H and O–H groups in total. The molecule has 1 fully saturated rings. The second kappa shape index (κ2) is 10.4. The Morgan fingerprint density at radius 3 is 2.52 bits per heavy atom. The van der Waals surface area contributed by atoms with Gasteiger partial charge in [0.2, 0.25) is 0 Å². The van der Waals surface area contributed by atoms with Crippen molar-refractivity contribution in [3.05, 3.63) is 71.2 Å². The Balaban J connectivity index is 1.70. The fourth-order valence-electron chi connectivity index (χ4n) is 2.95. The van der Waals surface area contributed by atoms with Crippen LogP contribution in [0.25, 0.3) is 5.70 Å². The van der Waals surface area contributed by atoms with Crippen LogP contribution in [0, 0.1) is 24.4 Å². The minimum absolute atomic E-state index is 0.0220. The molecule has 1 heterocycles. The molecular formula is C21H23F3N2O4S. The number of nitrogens with two attached hydrogens (primary N) is 1. The molecule has 1 aliphatic heterocycles. The lowest BCUT2D eigenvalue weighted by atomic mass is 10.1. The zero-order chi connectivity index (χ0) is 22.5. The van der Waals surface area contributed by atoms with Crippen LogP contribution in [-0.2, 0) is 9.47 Å². The van der Waals surface area contributed by atoms with Gasteiger partial charge < -0.3 is 30.7 Å². The molecule has 0 aliphatic carbocycles. The molecule has 3 unspecified atom stereocenters. The van der Waals surface area contributed by atoms with Crippen molar-refractivity contribution in [3.8, 4) is 0 Å². The minimum Gasteiger partial charge on any atom is -0.397 e. The normalized spacial score (nSPS) is 24.3. The van der Waals surface area contributed by atoms with E-state index in [4.69, 9.17) is 15.2 Å². The van der Waals surface area contributed by atoms with Gasteiger partial charge in [0.05, 0.1) is 12.3 Å². The number of benzene rings is 2. The van der Waals surface area contributed by atoms with Gasteiger partial charge in [0.15, 0.2) is 23.7 Å². The summed E-state index contributed by atoms with van der Waals surface area (Å²) in [5.41, 5.74) is 6.27. The third kappa shape index (κ3) is 5.92. The second-order valence-corrected chi connectivity index (χ2v) is 8.16. The van der Waals surface area contributed by atoms with Crippen molar-refractivity contribution in [2.75, 3.05) is 13.2 Å². The number of hydrogen-bond donors (Lipinski definition) is 4. The smallest absolute Gasteiger partial charge is 0.194 e. The molecular weight excluding hydrogens is 433 g/mol. The third-order valence-electron chi connectivity index (χ3n) is 4.56. The third-order valence-corrected chi connectivity index (χ3v) is 5.73. The average Bonchev–Trinajstić information content (AvgIpc) is 2.73. The molecule has 0 amide bonds. The highest BCUT2D eigenvalue weighted by Gasteiger charge is 2.38. The van der Waals surface area contributed by atoms with Crippen molar-refractivity contribution in [1.82, 2.24) is 5.32 Å². The van der Waals surface area contributed by atoms with E-state index in [0.717, 1.165) is 22.6 Å². The fraction of sp³-hybridized carbons (Fsp3) is 0.333. The van der Waals surface area contributed by atoms with E-state index in [-0.39, 0.29) is 17.8 Å². The molecule has 0 aromatic heterocycles. The van der Waals surface area contributed by atoms with Crippen LogP contribution in [0.5, 0.6) is 0 Å². The maximum absolute atomic E-state index is 13.4. The minimum atomic E-state index is -1.57. The van der Waals surface area contributed by atoms with Crippen LogP contribution in [0.1, 0.15) is 11.1 Å². The Hall–Kier alpha value is -2.24. The highest BCUT2D eigenvalue weighted by Crippen LogP contribution is 2.33. The molecule has 2 aromatic rings. The van der Waals surface area contributed by atoms with Gasteiger partial charge in [0.1, 0.15) is 17.6 Å². The molecule has 0 spiro atoms. The molecule has 3 rings (SSSR count). The summed E-state index contributed by atoms with van der Waals surface area (Å²) in [5, 5.41) is 22.3. The lowest BCUT2D eigenvalue weighted by Crippen LogP contribution is -2.52. The van der Waals surface area contributed by atoms with Gasteiger partial charge in [-0.05, 0) is 31.2 Å². The van der Waals surface area contributed by atoms with Crippen LogP contribution < -0.4 is 11.1 Å². The molecule has 0 bridgehead atoms. The number of aliphatic hydroxyl groups excluding tert-OH is 2. The molecule has 1 saturated heterocycles. The number of aliphatic hydroxyl groups is 2. The summed E-state index contributed by atoms with van der Waals surface area (Å²) in [6.07, 6.45) is -1.57. The van der Waals surface area contributed by atoms with Crippen LogP contribution >= 0.6 is 11.8 Å². The first-order chi connectivity index (χ1) is 14.8. The molecule has 4 atom stereocenters. The highest BCUT2D eigenvalue weighted by atomic mass is 32.2. The van der Waals surface area contributed by atoms with Crippen LogP contribution in [0.15, 0.2) is 47.5 Å². The zero-order valence-corrected chi connectivity index (χ0v) is 17.4. The Labute approximate surface area is 181 Å². The molecule has 31 heavy (non-hydrogen) atoms. The Kier molecular flexibility index (Phi) is 7.84. The maximum atomic E-state index is 13.4. The summed E-state index contributed by atoms with van der Waals surface area (Å²) in [5.74, 6) is -4.26. The number of ether oxygens (including phenoxy) is 2. The molecule has 168 valence electrons. The molecule has 10 heteroatoms. The van der Waals surface area contributed by atoms with Crippen LogP contribution in [0.3, 0.4) is 0 Å². The molecule has 2 aromatic carbocycles. The Morgan fingerprint density at radius 1 is 1.16 bits per heavy atom. The van der Waals surface area contributed by atoms with E-state index in [2.05, 4.69) is 5.32 Å². The van der Waals surface area contributed by atoms with Crippen LogP contribution in [0.4, 0.5) is 13.2 Å². The number of nitrogens with one attached hydrogen (secondary N) is 1. The summed E-state index contributed by atoms with van der Waals surface area (Å²) >= 11 is 1.37. The first-order valence-electron chi connectivity index (χ1n) is 9.45. The number of rotatable bonds is 7. The topological polar surface area (TPSA) is 97.0 Å². The van der Waals surface area contributed by atoms with Gasteiger partial charge in [-0.2, -0.15) is 0 Å². The van der Waals surface area contributed by atoms with Crippen LogP contribution in [0.2, 0.25) is 0 Å². The Morgan fingerprint density at radius 2 is 1.87 bits per heavy atom. The van der Waals surface area contributed by atoms with E-state index >= 15 is 0 Å². The van der Waals surface area contributed by atoms with E-state index < -0.39 is 48.0 Å². The number of halogens is 3. The largest absolute Gasteiger partial charge is 0.397 e. The number of aryl methyl sites for hydroxylation is 1. The highest BCUT2D eigenvalue weighted by molar-refractivity contribution is 7.99. The SMILES string of the molecule is Cc1cccc(SC2OC(CO)C(O)O[C@H]2CN/C=C(\N)c2cc(F)c(F)c(F)c2)c1. The van der Waals surface area contributed by atoms with Crippen molar-refractivity contribution in [1.29, 1.82) is 0 Å². The van der Waals surface area contributed by atoms with E-state index in [9.17, 15) is 23.4 Å². The molecule has 6 nitrogen and oxygen atoms in total. The van der Waals surface area contributed by atoms with Crippen molar-refractivity contribution in [2.24, 2.45) is 5.73 Å². The first-order valence-corrected chi connectivity index (χ1v) is 10.3. The molecule has 1 aliphatic rings. The monoisotopic (exact) mass is 456 g/mol. The fourth-order valence-corrected chi connectivity index (χ4v) is 4.14. The average molecular weight is 456 g/mol. The zero-order valence-electron chi connectivity index (χ0n) is 16.6. The standard InChI is InChI=1S/C21H23F3N2O4S/c1-11-3-2-4-13(5-11)31-21-17(29-20(28)18(10-27)30-21)9-26-8-16(25)12-6-14(22)19(24)15(23)7-12/h2-8,17-18,20-21,26-28H,9-10,25H2,1H3/b16-8-/t17-,18?,20?,21?/m0/s1. The lowest BCUT2D eigenvalue weighted by molar-refractivity contribution is -0.270. The van der Waals surface area contributed by atoms with Gasteiger partial charge in [-0.15, -0.1) is 0 Å². The van der Waals surface area contributed by atoms with Gasteiger partial charge in [0.25, 0.3) is 0 Å². The van der Waals surface area contributed by atoms with Crippen molar-refractivity contribution < 1.29 is 32.9 Å². The van der Waals surface area contributed by atoms with Gasteiger partial charge in [0, 0.05) is 23.2 Å². The quantitative estimate of drug-likeness (QED) is 0.476. The van der Waals surface area contributed by atoms with Crippen molar-refractivity contribution >= 4 is 17.5 Å². The van der Waals surface area contributed by atoms with Crippen LogP contribution in [-0.4, -0.2) is 47.3 Å². The summed E-state index contributed by atoms with van der Waals surface area (Å²) in [6, 6.07) is 9.30. The first kappa shape index (κ1) is 23.4. The van der Waals surface area contributed by atoms with Crippen molar-refractivity contribution in [2.45, 2.75) is 35.8 Å². The van der Waals surface area contributed by atoms with E-state index in [1.54, 1.807) is 0 Å². The van der Waals surface area contributed by atoms with Crippen molar-refractivity contribution in [3.63, 3.8) is 0 Å². The van der Waals surface area contributed by atoms with E-state index in [0.29, 0.717) is 0 Å². The Bertz CT molecular complexity index is 924. The summed E-state index contributed by atoms with van der Waals surface area (Å²) in [7, 11) is 0. The van der Waals surface area contributed by atoms with E-state index in [1.807, 2.05) is 31.2 Å². The van der Waals surface area contributed by atoms with Gasteiger partial charge in [-0.3, -0.25) is 0 Å². The molecule has 0 radical (unpaired) electrons. The maximum Gasteiger partial charge on any atom is 0.194 e. The summed E-state index contributed by atoms with van der Waals surface area (Å²) < 4.78 is 51.3. The second-order valence-electron chi connectivity index (χ2n) is 6.99. The predicted molar refractivity (Wildman–Crippen MR) is 110 cm³/mol. The number of thioether (sulfide) groups is 1. The summed E-state index contributed by atoms with van der Waals surface area (Å²) in [6.45, 7) is 1.67. The van der Waals surface area contributed by atoms with E-state index in [1.165, 1.54) is 18.0 Å². The number of hydrogen-bond acceptors (Lipinski definition) is 7.